The number of hydrogen-bond acceptors (Lipinski definition) is 8. The molecular weight excluding hydrogens is 436 g/mol. The molecule has 0 fully saturated rings. The first kappa shape index (κ1) is 21.1. The lowest BCUT2D eigenvalue weighted by Crippen LogP contribution is -2.35. The van der Waals surface area contributed by atoms with Gasteiger partial charge in [-0.25, -0.2) is 0 Å². The number of anilines is 1. The number of nitriles is 2. The quantitative estimate of drug-likeness (QED) is 0.415. The van der Waals surface area contributed by atoms with Gasteiger partial charge in [0.15, 0.2) is 17.2 Å². The Labute approximate surface area is 195 Å². The minimum Gasteiger partial charge on any atom is -0.493 e. The fraction of sp³-hybridized carbons (Fsp3) is 0.200. The molecule has 0 amide bonds. The van der Waals surface area contributed by atoms with E-state index in [1.807, 2.05) is 18.2 Å². The molecule has 0 saturated carbocycles. The minimum atomic E-state index is -0.445. The molecule has 3 aromatic rings. The van der Waals surface area contributed by atoms with Crippen molar-refractivity contribution in [3.63, 3.8) is 0 Å². The lowest BCUT2D eigenvalue weighted by Gasteiger charge is -2.38. The molecule has 0 spiro atoms. The maximum Gasteiger partial charge on any atom is 0.270 e. The normalized spacial score (nSPS) is 15.2. The molecule has 5 rings (SSSR count). The van der Waals surface area contributed by atoms with Crippen LogP contribution in [0.1, 0.15) is 33.9 Å². The van der Waals surface area contributed by atoms with Crippen molar-refractivity contribution in [1.82, 2.24) is 0 Å². The van der Waals surface area contributed by atoms with Crippen LogP contribution < -0.4 is 19.1 Å². The number of methoxy groups -OCH3 is 2. The van der Waals surface area contributed by atoms with E-state index in [1.54, 1.807) is 32.4 Å². The van der Waals surface area contributed by atoms with Gasteiger partial charge in [0, 0.05) is 30.3 Å². The Bertz CT molecular complexity index is 1440. The largest absolute Gasteiger partial charge is 0.493 e. The molecule has 0 N–H and O–H groups in total. The van der Waals surface area contributed by atoms with Crippen molar-refractivity contribution >= 4 is 11.4 Å². The number of benzene rings is 3. The fourth-order valence-electron chi connectivity index (χ4n) is 4.67. The average Bonchev–Trinajstić information content (AvgIpc) is 3.00. The van der Waals surface area contributed by atoms with Crippen LogP contribution in [0.25, 0.3) is 0 Å². The van der Waals surface area contributed by atoms with Crippen LogP contribution in [0.3, 0.4) is 0 Å². The van der Waals surface area contributed by atoms with E-state index in [2.05, 4.69) is 11.0 Å². The summed E-state index contributed by atoms with van der Waals surface area (Å²) in [5.41, 5.74) is 3.54. The van der Waals surface area contributed by atoms with Crippen LogP contribution in [0.2, 0.25) is 0 Å². The highest BCUT2D eigenvalue weighted by Gasteiger charge is 2.37. The van der Waals surface area contributed by atoms with Crippen molar-refractivity contribution in [2.45, 2.75) is 12.5 Å². The molecule has 0 saturated heterocycles. The third-order valence-electron chi connectivity index (χ3n) is 6.24. The topological polar surface area (TPSA) is 122 Å². The second-order valence-corrected chi connectivity index (χ2v) is 7.92. The Hall–Kier alpha value is -4.76. The molecule has 2 heterocycles. The predicted molar refractivity (Wildman–Crippen MR) is 121 cm³/mol. The van der Waals surface area contributed by atoms with E-state index in [0.717, 1.165) is 11.1 Å². The Morgan fingerprint density at radius 2 is 1.71 bits per heavy atom. The van der Waals surface area contributed by atoms with Gasteiger partial charge >= 0.3 is 0 Å². The summed E-state index contributed by atoms with van der Waals surface area (Å²) in [5.74, 6) is 2.00. The number of rotatable bonds is 3. The van der Waals surface area contributed by atoms with E-state index in [4.69, 9.17) is 14.2 Å². The summed E-state index contributed by atoms with van der Waals surface area (Å²) >= 11 is 0. The summed E-state index contributed by atoms with van der Waals surface area (Å²) in [7, 11) is 3.13. The van der Waals surface area contributed by atoms with Crippen LogP contribution in [0, 0.1) is 32.8 Å². The molecule has 0 aromatic heterocycles. The van der Waals surface area contributed by atoms with Crippen LogP contribution in [0.4, 0.5) is 11.4 Å². The van der Waals surface area contributed by atoms with E-state index in [1.165, 1.54) is 12.1 Å². The van der Waals surface area contributed by atoms with E-state index < -0.39 is 11.0 Å². The fourth-order valence-corrected chi connectivity index (χ4v) is 4.67. The molecule has 9 heteroatoms. The third-order valence-corrected chi connectivity index (χ3v) is 6.24. The molecule has 168 valence electrons. The van der Waals surface area contributed by atoms with E-state index in [-0.39, 0.29) is 16.8 Å². The predicted octanol–water partition coefficient (Wildman–Crippen LogP) is 4.61. The van der Waals surface area contributed by atoms with Crippen molar-refractivity contribution in [3.05, 3.63) is 80.4 Å². The maximum absolute atomic E-state index is 11.6. The summed E-state index contributed by atoms with van der Waals surface area (Å²) in [6.45, 7) is 0.558. The number of nitrogens with zero attached hydrogens (tertiary/aromatic N) is 4. The molecular formula is C25H18N4O5. The molecule has 9 nitrogen and oxygen atoms in total. The van der Waals surface area contributed by atoms with Crippen LogP contribution in [0.5, 0.6) is 23.0 Å². The van der Waals surface area contributed by atoms with Gasteiger partial charge in [-0.1, -0.05) is 0 Å². The standard InChI is InChI=1S/C25H18N4O5/c1-32-23-8-14-5-6-28-20-7-15(12-26)16(13-27)9-22(20)34-21-4-3-17(29(30)31)10-19(21)25(28)18(14)11-24(23)33-2/h3-4,7-11,25H,5-6H2,1-2H3/t25-/m0/s1. The van der Waals surface area contributed by atoms with Crippen molar-refractivity contribution in [2.24, 2.45) is 0 Å². The third kappa shape index (κ3) is 3.14. The number of fused-ring (bicyclic) bond motifs is 7. The van der Waals surface area contributed by atoms with Crippen LogP contribution in [-0.4, -0.2) is 25.7 Å². The summed E-state index contributed by atoms with van der Waals surface area (Å²) in [6.07, 6.45) is 0.664. The van der Waals surface area contributed by atoms with Crippen molar-refractivity contribution < 1.29 is 19.1 Å². The lowest BCUT2D eigenvalue weighted by atomic mass is 9.86. The number of non-ortho nitro benzene ring substituents is 1. The Balaban J connectivity index is 1.82. The second kappa shape index (κ2) is 7.98. The van der Waals surface area contributed by atoms with Gasteiger partial charge in [0.2, 0.25) is 0 Å². The smallest absolute Gasteiger partial charge is 0.270 e. The van der Waals surface area contributed by atoms with Crippen LogP contribution in [-0.2, 0) is 6.42 Å². The van der Waals surface area contributed by atoms with Crippen molar-refractivity contribution in [2.75, 3.05) is 25.7 Å². The second-order valence-electron chi connectivity index (χ2n) is 7.92. The Kier molecular flexibility index (Phi) is 4.95. The van der Waals surface area contributed by atoms with Gasteiger partial charge in [-0.05, 0) is 41.8 Å². The first-order chi connectivity index (χ1) is 16.5. The van der Waals surface area contributed by atoms with Gasteiger partial charge < -0.3 is 19.1 Å². The summed E-state index contributed by atoms with van der Waals surface area (Å²) < 4.78 is 17.2. The van der Waals surface area contributed by atoms with Gasteiger partial charge in [0.1, 0.15) is 17.9 Å². The molecule has 1 atom stereocenters. The summed E-state index contributed by atoms with van der Waals surface area (Å²) in [4.78, 5) is 13.2. The van der Waals surface area contributed by atoms with E-state index in [9.17, 15) is 20.6 Å². The highest BCUT2D eigenvalue weighted by atomic mass is 16.6. The molecule has 2 aliphatic heterocycles. The number of nitro benzene ring substituents is 1. The molecule has 34 heavy (non-hydrogen) atoms. The summed E-state index contributed by atoms with van der Waals surface area (Å²) in [6, 6.07) is 15.1. The first-order valence-corrected chi connectivity index (χ1v) is 10.4. The molecule has 0 radical (unpaired) electrons. The minimum absolute atomic E-state index is 0.0590. The summed E-state index contributed by atoms with van der Waals surface area (Å²) in [5, 5.41) is 30.7. The van der Waals surface area contributed by atoms with Gasteiger partial charge in [0.25, 0.3) is 5.69 Å². The zero-order chi connectivity index (χ0) is 24.0. The van der Waals surface area contributed by atoms with Gasteiger partial charge in [-0.2, -0.15) is 10.5 Å². The zero-order valence-corrected chi connectivity index (χ0v) is 18.4. The molecule has 0 bridgehead atoms. The monoisotopic (exact) mass is 454 g/mol. The van der Waals surface area contributed by atoms with Crippen LogP contribution in [0.15, 0.2) is 42.5 Å². The molecule has 3 aromatic carbocycles. The molecule has 2 aliphatic rings. The average molecular weight is 454 g/mol. The highest BCUT2D eigenvalue weighted by molar-refractivity contribution is 5.73. The molecule has 0 aliphatic carbocycles. The maximum atomic E-state index is 11.6. The zero-order valence-electron chi connectivity index (χ0n) is 18.4. The Morgan fingerprint density at radius 1 is 1.00 bits per heavy atom. The number of ether oxygens (including phenoxy) is 3. The first-order valence-electron chi connectivity index (χ1n) is 10.4. The Morgan fingerprint density at radius 3 is 2.38 bits per heavy atom. The van der Waals surface area contributed by atoms with Crippen molar-refractivity contribution in [3.8, 4) is 35.1 Å². The van der Waals surface area contributed by atoms with E-state index >= 15 is 0 Å². The number of nitro groups is 1. The van der Waals surface area contributed by atoms with Crippen LogP contribution >= 0.6 is 0 Å². The van der Waals surface area contributed by atoms with Crippen molar-refractivity contribution in [1.29, 1.82) is 10.5 Å². The lowest BCUT2D eigenvalue weighted by molar-refractivity contribution is -0.384. The van der Waals surface area contributed by atoms with Gasteiger partial charge in [-0.3, -0.25) is 10.1 Å². The number of hydrogen-bond donors (Lipinski definition) is 0. The SMILES string of the molecule is COc1cc2c(cc1OC)[C@H]1c3cc([N+](=O)[O-])ccc3Oc3cc(C#N)c(C#N)cc3N1CC2. The van der Waals surface area contributed by atoms with Gasteiger partial charge in [-0.15, -0.1) is 0 Å². The van der Waals surface area contributed by atoms with E-state index in [0.29, 0.717) is 47.2 Å². The molecule has 0 unspecified atom stereocenters. The van der Waals surface area contributed by atoms with Gasteiger partial charge in [0.05, 0.1) is 42.0 Å². The highest BCUT2D eigenvalue weighted by Crippen LogP contribution is 2.51.